The molecule has 0 spiro atoms. The summed E-state index contributed by atoms with van der Waals surface area (Å²) in [6.07, 6.45) is -2.92. The summed E-state index contributed by atoms with van der Waals surface area (Å²) in [6.45, 7) is 0.541. The minimum Gasteiger partial charge on any atom is -0.449 e. The molecular weight excluding hydrogens is 406 g/mol. The lowest BCUT2D eigenvalue weighted by molar-refractivity contribution is 0.0185. The van der Waals surface area contributed by atoms with E-state index >= 15 is 0 Å². The Balaban J connectivity index is 1.31. The average molecular weight is 434 g/mol. The highest BCUT2D eigenvalue weighted by atomic mass is 16.5. The lowest BCUT2D eigenvalue weighted by Gasteiger charge is -2.19. The van der Waals surface area contributed by atoms with Crippen molar-refractivity contribution < 1.29 is 24.5 Å². The van der Waals surface area contributed by atoms with Crippen molar-refractivity contribution in [2.75, 3.05) is 20.3 Å². The van der Waals surface area contributed by atoms with Crippen molar-refractivity contribution in [3.05, 3.63) is 95.1 Å². The maximum atomic E-state index is 12.3. The summed E-state index contributed by atoms with van der Waals surface area (Å²) >= 11 is 0. The van der Waals surface area contributed by atoms with Gasteiger partial charge >= 0.3 is 6.09 Å². The van der Waals surface area contributed by atoms with Crippen LogP contribution in [-0.2, 0) is 16.1 Å². The number of carbonyl (C=O) groups is 1. The third-order valence-corrected chi connectivity index (χ3v) is 5.80. The Morgan fingerprint density at radius 3 is 2.12 bits per heavy atom. The van der Waals surface area contributed by atoms with Gasteiger partial charge < -0.3 is 25.0 Å². The summed E-state index contributed by atoms with van der Waals surface area (Å²) in [5.74, 6) is -0.0331. The number of alkyl carbamates (subject to hydrolysis) is 1. The number of aliphatic hydroxyl groups excluding tert-OH is 2. The van der Waals surface area contributed by atoms with Gasteiger partial charge in [0, 0.05) is 19.6 Å². The van der Waals surface area contributed by atoms with Gasteiger partial charge in [0.05, 0.1) is 6.61 Å². The average Bonchev–Trinajstić information content (AvgIpc) is 3.15. The first-order chi connectivity index (χ1) is 15.6. The predicted molar refractivity (Wildman–Crippen MR) is 121 cm³/mol. The second kappa shape index (κ2) is 9.96. The van der Waals surface area contributed by atoms with Crippen LogP contribution in [-0.4, -0.2) is 42.7 Å². The molecule has 0 aromatic heterocycles. The molecule has 0 radical (unpaired) electrons. The molecule has 32 heavy (non-hydrogen) atoms. The van der Waals surface area contributed by atoms with Crippen LogP contribution < -0.4 is 5.32 Å². The quantitative estimate of drug-likeness (QED) is 0.503. The van der Waals surface area contributed by atoms with Crippen LogP contribution in [0.2, 0.25) is 0 Å². The monoisotopic (exact) mass is 433 g/mol. The number of ether oxygens (including phenoxy) is 2. The number of rotatable bonds is 8. The zero-order chi connectivity index (χ0) is 22.5. The van der Waals surface area contributed by atoms with E-state index in [0.29, 0.717) is 12.2 Å². The van der Waals surface area contributed by atoms with Gasteiger partial charge in [0.1, 0.15) is 18.8 Å². The second-order valence-corrected chi connectivity index (χ2v) is 7.89. The predicted octanol–water partition coefficient (Wildman–Crippen LogP) is 3.77. The zero-order valence-corrected chi connectivity index (χ0v) is 17.9. The molecule has 0 bridgehead atoms. The standard InChI is InChI=1S/C26H27NO5/c1-31-15-17-10-12-18(13-11-17)25(29)24(28)14-27-26(30)32-16-23-21-8-4-2-6-19(21)20-7-3-5-9-22(20)23/h2-13,23-25,28-29H,14-16H2,1H3,(H,27,30). The molecule has 0 aliphatic heterocycles. The topological polar surface area (TPSA) is 88.0 Å². The largest absolute Gasteiger partial charge is 0.449 e. The van der Waals surface area contributed by atoms with Gasteiger partial charge in [0.25, 0.3) is 0 Å². The van der Waals surface area contributed by atoms with Crippen molar-refractivity contribution in [3.63, 3.8) is 0 Å². The van der Waals surface area contributed by atoms with Crippen LogP contribution in [0.15, 0.2) is 72.8 Å². The lowest BCUT2D eigenvalue weighted by Crippen LogP contribution is -2.36. The first-order valence-electron chi connectivity index (χ1n) is 10.6. The van der Waals surface area contributed by atoms with Gasteiger partial charge in [-0.25, -0.2) is 4.79 Å². The SMILES string of the molecule is COCc1ccc(C(O)C(O)CNC(=O)OCC2c3ccccc3-c3ccccc32)cc1. The van der Waals surface area contributed by atoms with E-state index < -0.39 is 18.3 Å². The van der Waals surface area contributed by atoms with Crippen LogP contribution in [0.1, 0.15) is 34.3 Å². The van der Waals surface area contributed by atoms with Crippen molar-refractivity contribution in [3.8, 4) is 11.1 Å². The molecule has 0 heterocycles. The molecule has 0 saturated heterocycles. The summed E-state index contributed by atoms with van der Waals surface area (Å²) in [7, 11) is 1.61. The Kier molecular flexibility index (Phi) is 6.85. The molecule has 3 N–H and O–H groups in total. The summed E-state index contributed by atoms with van der Waals surface area (Å²) in [4.78, 5) is 12.3. The Labute approximate surface area is 187 Å². The Morgan fingerprint density at radius 1 is 0.938 bits per heavy atom. The molecule has 0 fully saturated rings. The number of methoxy groups -OCH3 is 1. The van der Waals surface area contributed by atoms with E-state index in [1.165, 1.54) is 0 Å². The number of hydrogen-bond acceptors (Lipinski definition) is 5. The normalized spacial score (nSPS) is 14.3. The van der Waals surface area contributed by atoms with Gasteiger partial charge in [-0.15, -0.1) is 0 Å². The number of hydrogen-bond donors (Lipinski definition) is 3. The molecular formula is C26H27NO5. The minimum atomic E-state index is -1.16. The first-order valence-corrected chi connectivity index (χ1v) is 10.6. The van der Waals surface area contributed by atoms with Crippen LogP contribution in [0.3, 0.4) is 0 Å². The van der Waals surface area contributed by atoms with Crippen LogP contribution in [0.4, 0.5) is 4.79 Å². The molecule has 0 saturated carbocycles. The van der Waals surface area contributed by atoms with Gasteiger partial charge in [-0.05, 0) is 33.4 Å². The van der Waals surface area contributed by atoms with E-state index in [1.54, 1.807) is 19.2 Å². The van der Waals surface area contributed by atoms with Gasteiger partial charge in [-0.3, -0.25) is 0 Å². The molecule has 6 heteroatoms. The first kappa shape index (κ1) is 22.0. The Morgan fingerprint density at radius 2 is 1.53 bits per heavy atom. The number of carbonyl (C=O) groups excluding carboxylic acids is 1. The fourth-order valence-electron chi connectivity index (χ4n) is 4.15. The molecule has 1 amide bonds. The van der Waals surface area contributed by atoms with E-state index in [1.807, 2.05) is 36.4 Å². The fourth-order valence-corrected chi connectivity index (χ4v) is 4.15. The molecule has 3 aromatic rings. The number of benzene rings is 3. The summed E-state index contributed by atoms with van der Waals surface area (Å²) in [5.41, 5.74) is 6.11. The lowest BCUT2D eigenvalue weighted by atomic mass is 9.98. The number of fused-ring (bicyclic) bond motifs is 3. The Bertz CT molecular complexity index is 1020. The van der Waals surface area contributed by atoms with E-state index in [2.05, 4.69) is 29.6 Å². The zero-order valence-electron chi connectivity index (χ0n) is 17.9. The number of aliphatic hydroxyl groups is 2. The molecule has 4 rings (SSSR count). The van der Waals surface area contributed by atoms with Crippen LogP contribution >= 0.6 is 0 Å². The van der Waals surface area contributed by atoms with E-state index in [4.69, 9.17) is 9.47 Å². The van der Waals surface area contributed by atoms with E-state index in [-0.39, 0.29) is 19.1 Å². The molecule has 1 aliphatic carbocycles. The van der Waals surface area contributed by atoms with Crippen molar-refractivity contribution in [2.24, 2.45) is 0 Å². The smallest absolute Gasteiger partial charge is 0.407 e. The summed E-state index contributed by atoms with van der Waals surface area (Å²) in [5, 5.41) is 23.2. The minimum absolute atomic E-state index is 0.0331. The highest BCUT2D eigenvalue weighted by Crippen LogP contribution is 2.44. The second-order valence-electron chi connectivity index (χ2n) is 7.89. The molecule has 3 aromatic carbocycles. The van der Waals surface area contributed by atoms with E-state index in [0.717, 1.165) is 27.8 Å². The molecule has 2 atom stereocenters. The highest BCUT2D eigenvalue weighted by Gasteiger charge is 2.29. The maximum Gasteiger partial charge on any atom is 0.407 e. The van der Waals surface area contributed by atoms with Gasteiger partial charge in [-0.2, -0.15) is 0 Å². The third kappa shape index (κ3) is 4.67. The maximum absolute atomic E-state index is 12.3. The fraction of sp³-hybridized carbons (Fsp3) is 0.269. The van der Waals surface area contributed by atoms with Crippen LogP contribution in [0.5, 0.6) is 0 Å². The van der Waals surface area contributed by atoms with Crippen molar-refractivity contribution >= 4 is 6.09 Å². The van der Waals surface area contributed by atoms with E-state index in [9.17, 15) is 15.0 Å². The highest BCUT2D eigenvalue weighted by molar-refractivity contribution is 5.79. The third-order valence-electron chi connectivity index (χ3n) is 5.80. The summed E-state index contributed by atoms with van der Waals surface area (Å²) in [6, 6.07) is 23.4. The summed E-state index contributed by atoms with van der Waals surface area (Å²) < 4.78 is 10.5. The molecule has 2 unspecified atom stereocenters. The van der Waals surface area contributed by atoms with Crippen molar-refractivity contribution in [1.29, 1.82) is 0 Å². The van der Waals surface area contributed by atoms with Crippen molar-refractivity contribution in [1.82, 2.24) is 5.32 Å². The Hall–Kier alpha value is -3.19. The van der Waals surface area contributed by atoms with Gasteiger partial charge in [-0.1, -0.05) is 72.8 Å². The number of amides is 1. The molecule has 6 nitrogen and oxygen atoms in total. The van der Waals surface area contributed by atoms with Gasteiger partial charge in [0.15, 0.2) is 0 Å². The van der Waals surface area contributed by atoms with Crippen molar-refractivity contribution in [2.45, 2.75) is 24.7 Å². The molecule has 166 valence electrons. The van der Waals surface area contributed by atoms with Gasteiger partial charge in [0.2, 0.25) is 0 Å². The number of nitrogens with one attached hydrogen (secondary N) is 1. The van der Waals surface area contributed by atoms with Crippen LogP contribution in [0, 0.1) is 0 Å². The van der Waals surface area contributed by atoms with Crippen LogP contribution in [0.25, 0.3) is 11.1 Å². The molecule has 1 aliphatic rings.